The van der Waals surface area contributed by atoms with Crippen LogP contribution in [0.5, 0.6) is 5.75 Å². The number of phenols is 1. The van der Waals surface area contributed by atoms with Gasteiger partial charge in [0.2, 0.25) is 0 Å². The van der Waals surface area contributed by atoms with E-state index < -0.39 is 11.7 Å². The molecule has 0 unspecified atom stereocenters. The highest BCUT2D eigenvalue weighted by atomic mass is 79.9. The van der Waals surface area contributed by atoms with E-state index >= 15 is 0 Å². The lowest BCUT2D eigenvalue weighted by atomic mass is 10.1. The second-order valence-electron chi connectivity index (χ2n) is 4.22. The van der Waals surface area contributed by atoms with Crippen LogP contribution in [-0.2, 0) is 0 Å². The average molecular weight is 359 g/mol. The number of amides is 1. The topological polar surface area (TPSA) is 49.3 Å². The van der Waals surface area contributed by atoms with Gasteiger partial charge >= 0.3 is 0 Å². The zero-order valence-electron chi connectivity index (χ0n) is 10.4. The number of phenolic OH excluding ortho intramolecular Hbond substituents is 1. The lowest BCUT2D eigenvalue weighted by Crippen LogP contribution is -2.13. The molecule has 0 bridgehead atoms. The van der Waals surface area contributed by atoms with E-state index in [0.717, 1.165) is 11.6 Å². The lowest BCUT2D eigenvalue weighted by Gasteiger charge is -2.11. The second kappa shape index (κ2) is 5.81. The number of carbonyl (C=O) groups is 1. The van der Waals surface area contributed by atoms with Crippen molar-refractivity contribution in [3.8, 4) is 5.75 Å². The first-order chi connectivity index (χ1) is 9.38. The number of rotatable bonds is 2. The van der Waals surface area contributed by atoms with Crippen LogP contribution in [0.1, 0.15) is 15.9 Å². The van der Waals surface area contributed by atoms with Gasteiger partial charge in [-0.15, -0.1) is 0 Å². The minimum Gasteiger partial charge on any atom is -0.507 e. The maximum absolute atomic E-state index is 13.1. The highest BCUT2D eigenvalue weighted by molar-refractivity contribution is 9.10. The van der Waals surface area contributed by atoms with E-state index in [-0.39, 0.29) is 22.0 Å². The fraction of sp³-hybridized carbons (Fsp3) is 0.0714. The van der Waals surface area contributed by atoms with Gasteiger partial charge in [0.05, 0.1) is 16.3 Å². The average Bonchev–Trinajstić information content (AvgIpc) is 2.33. The summed E-state index contributed by atoms with van der Waals surface area (Å²) in [5.41, 5.74) is 1.20. The van der Waals surface area contributed by atoms with Crippen LogP contribution in [0.15, 0.2) is 34.8 Å². The summed E-state index contributed by atoms with van der Waals surface area (Å²) in [6.45, 7) is 1.80. The lowest BCUT2D eigenvalue weighted by molar-refractivity contribution is 0.102. The van der Waals surface area contributed by atoms with Gasteiger partial charge in [-0.3, -0.25) is 4.79 Å². The Morgan fingerprint density at radius 3 is 2.65 bits per heavy atom. The number of benzene rings is 2. The van der Waals surface area contributed by atoms with Crippen molar-refractivity contribution in [1.82, 2.24) is 0 Å². The Morgan fingerprint density at radius 1 is 1.35 bits per heavy atom. The fourth-order valence-corrected chi connectivity index (χ4v) is 2.57. The summed E-state index contributed by atoms with van der Waals surface area (Å²) < 4.78 is 13.4. The molecular formula is C14H10BrClFNO2. The van der Waals surface area contributed by atoms with Gasteiger partial charge in [0.15, 0.2) is 0 Å². The van der Waals surface area contributed by atoms with Crippen molar-refractivity contribution in [1.29, 1.82) is 0 Å². The van der Waals surface area contributed by atoms with E-state index in [1.807, 2.05) is 0 Å². The third-order valence-electron chi connectivity index (χ3n) is 2.64. The van der Waals surface area contributed by atoms with E-state index in [9.17, 15) is 14.3 Å². The molecule has 0 aliphatic rings. The number of nitrogens with one attached hydrogen (secondary N) is 1. The summed E-state index contributed by atoms with van der Waals surface area (Å²) in [4.78, 5) is 12.1. The summed E-state index contributed by atoms with van der Waals surface area (Å²) >= 11 is 9.01. The molecule has 0 saturated heterocycles. The van der Waals surface area contributed by atoms with Crippen molar-refractivity contribution in [2.75, 3.05) is 5.32 Å². The van der Waals surface area contributed by atoms with Crippen LogP contribution in [0.25, 0.3) is 0 Å². The summed E-state index contributed by atoms with van der Waals surface area (Å²) in [5, 5.41) is 12.4. The molecule has 0 aliphatic carbocycles. The molecule has 2 N–H and O–H groups in total. The third-order valence-corrected chi connectivity index (χ3v) is 3.57. The van der Waals surface area contributed by atoms with Crippen molar-refractivity contribution in [2.45, 2.75) is 6.92 Å². The molecule has 0 aromatic heterocycles. The fourth-order valence-electron chi connectivity index (χ4n) is 1.68. The third kappa shape index (κ3) is 3.11. The number of hydrogen-bond acceptors (Lipinski definition) is 2. The van der Waals surface area contributed by atoms with Gasteiger partial charge in [-0.05, 0) is 52.7 Å². The summed E-state index contributed by atoms with van der Waals surface area (Å²) in [7, 11) is 0. The Morgan fingerprint density at radius 2 is 2.05 bits per heavy atom. The van der Waals surface area contributed by atoms with Gasteiger partial charge in [0.1, 0.15) is 11.6 Å². The molecule has 3 nitrogen and oxygen atoms in total. The number of anilines is 1. The number of aryl methyl sites for hydroxylation is 1. The Kier molecular flexibility index (Phi) is 4.30. The van der Waals surface area contributed by atoms with Gasteiger partial charge in [-0.25, -0.2) is 4.39 Å². The molecule has 0 heterocycles. The molecule has 2 rings (SSSR count). The zero-order chi connectivity index (χ0) is 14.9. The molecule has 0 spiro atoms. The predicted molar refractivity (Wildman–Crippen MR) is 79.9 cm³/mol. The van der Waals surface area contributed by atoms with Crippen molar-refractivity contribution in [3.63, 3.8) is 0 Å². The summed E-state index contributed by atoms with van der Waals surface area (Å²) in [5.74, 6) is -1.17. The molecule has 2 aromatic rings. The van der Waals surface area contributed by atoms with E-state index in [2.05, 4.69) is 21.2 Å². The van der Waals surface area contributed by atoms with E-state index in [1.165, 1.54) is 18.2 Å². The van der Waals surface area contributed by atoms with E-state index in [4.69, 9.17) is 11.6 Å². The van der Waals surface area contributed by atoms with Crippen LogP contribution in [0.2, 0.25) is 5.02 Å². The monoisotopic (exact) mass is 357 g/mol. The minimum absolute atomic E-state index is 0.0665. The van der Waals surface area contributed by atoms with Gasteiger partial charge in [-0.2, -0.15) is 0 Å². The second-order valence-corrected chi connectivity index (χ2v) is 5.48. The molecule has 104 valence electrons. The first kappa shape index (κ1) is 14.8. The van der Waals surface area contributed by atoms with Crippen LogP contribution < -0.4 is 5.32 Å². The molecule has 0 fully saturated rings. The predicted octanol–water partition coefficient (Wildman–Crippen LogP) is 4.51. The Hall–Kier alpha value is -1.59. The highest BCUT2D eigenvalue weighted by Crippen LogP contribution is 2.32. The van der Waals surface area contributed by atoms with Crippen LogP contribution in [0.4, 0.5) is 10.1 Å². The standard InChI is InChI=1S/C14H10BrClFNO2/c1-7-2-3-9(12(19)4-7)14(20)18-13-10(15)5-8(17)6-11(13)16/h2-6,19H,1H3,(H,18,20). The summed E-state index contributed by atoms with van der Waals surface area (Å²) in [6, 6.07) is 6.98. The Balaban J connectivity index is 2.33. The van der Waals surface area contributed by atoms with Crippen molar-refractivity contribution >= 4 is 39.1 Å². The maximum Gasteiger partial charge on any atom is 0.259 e. The Labute approximate surface area is 128 Å². The minimum atomic E-state index is -0.531. The zero-order valence-corrected chi connectivity index (χ0v) is 12.7. The SMILES string of the molecule is Cc1ccc(C(=O)Nc2c(Cl)cc(F)cc2Br)c(O)c1. The molecule has 1 amide bonds. The first-order valence-corrected chi connectivity index (χ1v) is 6.81. The van der Waals surface area contributed by atoms with Gasteiger partial charge in [-0.1, -0.05) is 17.7 Å². The molecular weight excluding hydrogens is 349 g/mol. The molecule has 0 saturated carbocycles. The van der Waals surface area contributed by atoms with Crippen molar-refractivity contribution in [2.24, 2.45) is 0 Å². The highest BCUT2D eigenvalue weighted by Gasteiger charge is 2.15. The largest absolute Gasteiger partial charge is 0.507 e. The quantitative estimate of drug-likeness (QED) is 0.830. The van der Waals surface area contributed by atoms with Gasteiger partial charge in [0.25, 0.3) is 5.91 Å². The van der Waals surface area contributed by atoms with E-state index in [0.29, 0.717) is 4.47 Å². The Bertz CT molecular complexity index is 668. The van der Waals surface area contributed by atoms with Crippen molar-refractivity contribution < 1.29 is 14.3 Å². The molecule has 0 radical (unpaired) electrons. The van der Waals surface area contributed by atoms with Crippen LogP contribution in [0.3, 0.4) is 0 Å². The van der Waals surface area contributed by atoms with Crippen LogP contribution in [0, 0.1) is 12.7 Å². The molecule has 2 aromatic carbocycles. The van der Waals surface area contributed by atoms with Crippen LogP contribution in [-0.4, -0.2) is 11.0 Å². The number of halogens is 3. The summed E-state index contributed by atoms with van der Waals surface area (Å²) in [6.07, 6.45) is 0. The van der Waals surface area contributed by atoms with Crippen molar-refractivity contribution in [3.05, 3.63) is 56.8 Å². The van der Waals surface area contributed by atoms with Crippen LogP contribution >= 0.6 is 27.5 Å². The normalized spacial score (nSPS) is 10.4. The van der Waals surface area contributed by atoms with Gasteiger partial charge < -0.3 is 10.4 Å². The molecule has 20 heavy (non-hydrogen) atoms. The number of hydrogen-bond donors (Lipinski definition) is 2. The number of carbonyl (C=O) groups excluding carboxylic acids is 1. The van der Waals surface area contributed by atoms with Gasteiger partial charge in [0, 0.05) is 4.47 Å². The maximum atomic E-state index is 13.1. The van der Waals surface area contributed by atoms with E-state index in [1.54, 1.807) is 13.0 Å². The molecule has 6 heteroatoms. The molecule has 0 atom stereocenters. The number of aromatic hydroxyl groups is 1. The molecule has 0 aliphatic heterocycles. The first-order valence-electron chi connectivity index (χ1n) is 5.64. The smallest absolute Gasteiger partial charge is 0.259 e.